The van der Waals surface area contributed by atoms with Crippen molar-refractivity contribution in [1.29, 1.82) is 0 Å². The van der Waals surface area contributed by atoms with Crippen LogP contribution in [0.3, 0.4) is 0 Å². The van der Waals surface area contributed by atoms with E-state index in [-0.39, 0.29) is 24.3 Å². The van der Waals surface area contributed by atoms with E-state index in [2.05, 4.69) is 10.6 Å². The Morgan fingerprint density at radius 3 is 2.62 bits per heavy atom. The summed E-state index contributed by atoms with van der Waals surface area (Å²) in [5, 5.41) is 5.92. The summed E-state index contributed by atoms with van der Waals surface area (Å²) in [4.78, 5) is 23.8. The van der Waals surface area contributed by atoms with E-state index in [4.69, 9.17) is 11.6 Å². The third-order valence-electron chi connectivity index (χ3n) is 3.80. The smallest absolute Gasteiger partial charge is 0.243 e. The first-order chi connectivity index (χ1) is 10.1. The van der Waals surface area contributed by atoms with Gasteiger partial charge in [0, 0.05) is 5.92 Å². The zero-order chi connectivity index (χ0) is 15.2. The number of carbonyl (C=O) groups is 2. The fraction of sp³-hybridized carbons (Fsp3) is 0.500. The second-order valence-corrected chi connectivity index (χ2v) is 5.99. The van der Waals surface area contributed by atoms with Gasteiger partial charge in [0.05, 0.1) is 17.3 Å². The Hall–Kier alpha value is -1.55. The second-order valence-electron chi connectivity index (χ2n) is 5.58. The van der Waals surface area contributed by atoms with Crippen LogP contribution in [0.25, 0.3) is 0 Å². The Kier molecular flexibility index (Phi) is 5.62. The van der Waals surface area contributed by atoms with Crippen LogP contribution in [-0.2, 0) is 9.59 Å². The van der Waals surface area contributed by atoms with Crippen LogP contribution >= 0.6 is 11.6 Å². The molecule has 1 aliphatic carbocycles. The average molecular weight is 309 g/mol. The Balaban J connectivity index is 1.80. The molecule has 0 aliphatic heterocycles. The SMILES string of the molecule is Cc1ccc(NC(=O)CNC(=O)C2CCCCC2)c(Cl)c1. The molecule has 0 spiro atoms. The van der Waals surface area contributed by atoms with E-state index < -0.39 is 0 Å². The molecule has 0 bridgehead atoms. The molecule has 2 rings (SSSR count). The summed E-state index contributed by atoms with van der Waals surface area (Å²) in [6.45, 7) is 1.92. The zero-order valence-corrected chi connectivity index (χ0v) is 13.0. The predicted molar refractivity (Wildman–Crippen MR) is 84.4 cm³/mol. The van der Waals surface area contributed by atoms with Crippen LogP contribution in [-0.4, -0.2) is 18.4 Å². The van der Waals surface area contributed by atoms with Gasteiger partial charge in [-0.05, 0) is 37.5 Å². The number of nitrogens with one attached hydrogen (secondary N) is 2. The van der Waals surface area contributed by atoms with Crippen molar-refractivity contribution in [2.45, 2.75) is 39.0 Å². The van der Waals surface area contributed by atoms with E-state index in [1.165, 1.54) is 6.42 Å². The lowest BCUT2D eigenvalue weighted by atomic mass is 9.89. The van der Waals surface area contributed by atoms with Gasteiger partial charge in [0.25, 0.3) is 0 Å². The van der Waals surface area contributed by atoms with Crippen LogP contribution < -0.4 is 10.6 Å². The molecule has 1 aliphatic rings. The number of hydrogen-bond acceptors (Lipinski definition) is 2. The predicted octanol–water partition coefficient (Wildman–Crippen LogP) is 3.28. The number of halogens is 1. The van der Waals surface area contributed by atoms with E-state index in [9.17, 15) is 9.59 Å². The molecule has 1 fully saturated rings. The van der Waals surface area contributed by atoms with Gasteiger partial charge >= 0.3 is 0 Å². The van der Waals surface area contributed by atoms with E-state index in [0.717, 1.165) is 31.2 Å². The number of benzene rings is 1. The molecule has 4 nitrogen and oxygen atoms in total. The molecule has 0 heterocycles. The van der Waals surface area contributed by atoms with E-state index in [1.54, 1.807) is 12.1 Å². The fourth-order valence-corrected chi connectivity index (χ4v) is 2.87. The van der Waals surface area contributed by atoms with Crippen molar-refractivity contribution in [1.82, 2.24) is 5.32 Å². The second kappa shape index (κ2) is 7.46. The maximum atomic E-state index is 11.9. The number of amides is 2. The van der Waals surface area contributed by atoms with Crippen molar-refractivity contribution in [2.75, 3.05) is 11.9 Å². The summed E-state index contributed by atoms with van der Waals surface area (Å²) in [7, 11) is 0. The van der Waals surface area contributed by atoms with Crippen LogP contribution in [0.2, 0.25) is 5.02 Å². The molecule has 2 amide bonds. The lowest BCUT2D eigenvalue weighted by Gasteiger charge is -2.20. The number of aryl methyl sites for hydroxylation is 1. The van der Waals surface area contributed by atoms with Crippen molar-refractivity contribution in [3.05, 3.63) is 28.8 Å². The number of carbonyl (C=O) groups excluding carboxylic acids is 2. The molecule has 2 N–H and O–H groups in total. The fourth-order valence-electron chi connectivity index (χ4n) is 2.59. The van der Waals surface area contributed by atoms with Gasteiger partial charge in [-0.25, -0.2) is 0 Å². The molecule has 21 heavy (non-hydrogen) atoms. The molecule has 1 aromatic rings. The summed E-state index contributed by atoms with van der Waals surface area (Å²) in [6, 6.07) is 5.43. The molecule has 1 saturated carbocycles. The zero-order valence-electron chi connectivity index (χ0n) is 12.2. The van der Waals surface area contributed by atoms with Crippen molar-refractivity contribution < 1.29 is 9.59 Å². The van der Waals surface area contributed by atoms with Crippen LogP contribution in [0, 0.1) is 12.8 Å². The molecule has 114 valence electrons. The van der Waals surface area contributed by atoms with Gasteiger partial charge in [-0.1, -0.05) is 36.9 Å². The molecule has 0 saturated heterocycles. The maximum Gasteiger partial charge on any atom is 0.243 e. The molecule has 0 atom stereocenters. The Labute approximate surface area is 130 Å². The highest BCUT2D eigenvalue weighted by molar-refractivity contribution is 6.33. The summed E-state index contributed by atoms with van der Waals surface area (Å²) in [5.74, 6) is -0.209. The van der Waals surface area contributed by atoms with Gasteiger partial charge < -0.3 is 10.6 Å². The first-order valence-electron chi connectivity index (χ1n) is 7.40. The average Bonchev–Trinajstić information content (AvgIpc) is 2.48. The van der Waals surface area contributed by atoms with Gasteiger partial charge in [-0.3, -0.25) is 9.59 Å². The first-order valence-corrected chi connectivity index (χ1v) is 7.78. The van der Waals surface area contributed by atoms with Crippen LogP contribution in [0.1, 0.15) is 37.7 Å². The Bertz CT molecular complexity index is 525. The molecule has 0 aromatic heterocycles. The molecular formula is C16H21ClN2O2. The van der Waals surface area contributed by atoms with Gasteiger partial charge in [-0.15, -0.1) is 0 Å². The third kappa shape index (κ3) is 4.74. The molecule has 5 heteroatoms. The quantitative estimate of drug-likeness (QED) is 0.896. The van der Waals surface area contributed by atoms with Crippen molar-refractivity contribution in [3.8, 4) is 0 Å². The van der Waals surface area contributed by atoms with E-state index in [1.807, 2.05) is 13.0 Å². The summed E-state index contributed by atoms with van der Waals surface area (Å²) < 4.78 is 0. The van der Waals surface area contributed by atoms with Crippen LogP contribution in [0.4, 0.5) is 5.69 Å². The number of rotatable bonds is 4. The van der Waals surface area contributed by atoms with Crippen molar-refractivity contribution >= 4 is 29.1 Å². The van der Waals surface area contributed by atoms with Gasteiger partial charge in [0.15, 0.2) is 0 Å². The number of hydrogen-bond donors (Lipinski definition) is 2. The molecule has 1 aromatic carbocycles. The minimum Gasteiger partial charge on any atom is -0.347 e. The Morgan fingerprint density at radius 2 is 1.95 bits per heavy atom. The lowest BCUT2D eigenvalue weighted by Crippen LogP contribution is -2.37. The summed E-state index contributed by atoms with van der Waals surface area (Å²) in [6.07, 6.45) is 5.26. The summed E-state index contributed by atoms with van der Waals surface area (Å²) in [5.41, 5.74) is 1.60. The minimum atomic E-state index is -0.259. The van der Waals surface area contributed by atoms with E-state index in [0.29, 0.717) is 10.7 Å². The largest absolute Gasteiger partial charge is 0.347 e. The van der Waals surface area contributed by atoms with Crippen molar-refractivity contribution in [3.63, 3.8) is 0 Å². The van der Waals surface area contributed by atoms with Crippen LogP contribution in [0.5, 0.6) is 0 Å². The van der Waals surface area contributed by atoms with Crippen LogP contribution in [0.15, 0.2) is 18.2 Å². The number of anilines is 1. The molecule has 0 unspecified atom stereocenters. The van der Waals surface area contributed by atoms with Crippen molar-refractivity contribution in [2.24, 2.45) is 5.92 Å². The Morgan fingerprint density at radius 1 is 1.24 bits per heavy atom. The highest BCUT2D eigenvalue weighted by Crippen LogP contribution is 2.24. The summed E-state index contributed by atoms with van der Waals surface area (Å²) >= 11 is 6.06. The monoisotopic (exact) mass is 308 g/mol. The first kappa shape index (κ1) is 15.8. The topological polar surface area (TPSA) is 58.2 Å². The normalized spacial score (nSPS) is 15.5. The lowest BCUT2D eigenvalue weighted by molar-refractivity contribution is -0.128. The highest BCUT2D eigenvalue weighted by atomic mass is 35.5. The van der Waals surface area contributed by atoms with Gasteiger partial charge in [0.2, 0.25) is 11.8 Å². The maximum absolute atomic E-state index is 11.9. The standard InChI is InChI=1S/C16H21ClN2O2/c1-11-7-8-14(13(17)9-11)19-15(20)10-18-16(21)12-5-3-2-4-6-12/h7-9,12H,2-6,10H2,1H3,(H,18,21)(H,19,20). The van der Waals surface area contributed by atoms with Gasteiger partial charge in [0.1, 0.15) is 0 Å². The third-order valence-corrected chi connectivity index (χ3v) is 4.11. The molecule has 0 radical (unpaired) electrons. The molecular weight excluding hydrogens is 288 g/mol. The highest BCUT2D eigenvalue weighted by Gasteiger charge is 2.21. The van der Waals surface area contributed by atoms with Gasteiger partial charge in [-0.2, -0.15) is 0 Å². The minimum absolute atomic E-state index is 0.0140. The van der Waals surface area contributed by atoms with E-state index >= 15 is 0 Å².